The summed E-state index contributed by atoms with van der Waals surface area (Å²) in [6, 6.07) is 19.0. The predicted octanol–water partition coefficient (Wildman–Crippen LogP) is 3.98. The van der Waals surface area contributed by atoms with Crippen LogP contribution in [0.2, 0.25) is 0 Å². The van der Waals surface area contributed by atoms with Gasteiger partial charge in [-0.05, 0) is 53.7 Å². The van der Waals surface area contributed by atoms with Crippen LogP contribution in [-0.4, -0.2) is 30.6 Å². The van der Waals surface area contributed by atoms with E-state index >= 15 is 0 Å². The van der Waals surface area contributed by atoms with Gasteiger partial charge in [0.15, 0.2) is 0 Å². The van der Waals surface area contributed by atoms with Gasteiger partial charge >= 0.3 is 0 Å². The molecule has 21 heavy (non-hydrogen) atoms. The molecule has 0 aliphatic heterocycles. The Bertz CT molecular complexity index is 764. The maximum absolute atomic E-state index is 10.4. The van der Waals surface area contributed by atoms with E-state index in [2.05, 4.69) is 53.4 Å². The Morgan fingerprint density at radius 2 is 1.57 bits per heavy atom. The first kappa shape index (κ1) is 14.1. The van der Waals surface area contributed by atoms with E-state index in [9.17, 15) is 5.11 Å². The van der Waals surface area contributed by atoms with Gasteiger partial charge in [-0.25, -0.2) is 0 Å². The minimum absolute atomic E-state index is 0.407. The van der Waals surface area contributed by atoms with Crippen LogP contribution in [0.25, 0.3) is 21.5 Å². The van der Waals surface area contributed by atoms with Gasteiger partial charge in [0.05, 0.1) is 6.10 Å². The maximum atomic E-state index is 10.4. The highest BCUT2D eigenvalue weighted by atomic mass is 16.3. The molecule has 108 valence electrons. The van der Waals surface area contributed by atoms with Gasteiger partial charge in [0.2, 0.25) is 0 Å². The summed E-state index contributed by atoms with van der Waals surface area (Å²) in [5.74, 6) is 0. The van der Waals surface area contributed by atoms with E-state index in [-0.39, 0.29) is 0 Å². The number of aliphatic hydroxyl groups excluding tert-OH is 1. The first-order valence-electron chi connectivity index (χ1n) is 7.39. The standard InChI is InChI=1S/C19H21NO/c1-20(2)12-11-19(21)16-10-9-15-8-7-14-5-3-4-6-17(14)18(15)13-16/h3-10,13,19,21H,11-12H2,1-2H3. The van der Waals surface area contributed by atoms with Crippen LogP contribution in [0.4, 0.5) is 0 Å². The molecule has 0 amide bonds. The van der Waals surface area contributed by atoms with Gasteiger partial charge in [0, 0.05) is 6.54 Å². The highest BCUT2D eigenvalue weighted by Crippen LogP contribution is 2.28. The van der Waals surface area contributed by atoms with E-state index in [1.54, 1.807) is 0 Å². The summed E-state index contributed by atoms with van der Waals surface area (Å²) in [6.45, 7) is 0.884. The number of fused-ring (bicyclic) bond motifs is 3. The summed E-state index contributed by atoms with van der Waals surface area (Å²) in [5, 5.41) is 15.3. The second-order valence-corrected chi connectivity index (χ2v) is 5.88. The fourth-order valence-corrected chi connectivity index (χ4v) is 2.77. The van der Waals surface area contributed by atoms with E-state index in [1.807, 2.05) is 20.2 Å². The number of hydrogen-bond donors (Lipinski definition) is 1. The maximum Gasteiger partial charge on any atom is 0.0802 e. The van der Waals surface area contributed by atoms with Crippen molar-refractivity contribution in [2.45, 2.75) is 12.5 Å². The molecule has 0 aliphatic carbocycles. The first-order chi connectivity index (χ1) is 10.1. The normalized spacial score (nSPS) is 13.1. The van der Waals surface area contributed by atoms with Gasteiger partial charge in [0.1, 0.15) is 0 Å². The molecule has 1 N–H and O–H groups in total. The Balaban J connectivity index is 2.04. The molecule has 0 fully saturated rings. The van der Waals surface area contributed by atoms with E-state index in [0.29, 0.717) is 0 Å². The summed E-state index contributed by atoms with van der Waals surface area (Å²) < 4.78 is 0. The van der Waals surface area contributed by atoms with Crippen LogP contribution in [0.15, 0.2) is 54.6 Å². The zero-order valence-electron chi connectivity index (χ0n) is 12.6. The molecular weight excluding hydrogens is 258 g/mol. The van der Waals surface area contributed by atoms with Gasteiger partial charge in [-0.3, -0.25) is 0 Å². The molecule has 1 unspecified atom stereocenters. The second kappa shape index (κ2) is 5.84. The molecule has 3 aromatic rings. The smallest absolute Gasteiger partial charge is 0.0802 e. The van der Waals surface area contributed by atoms with E-state index in [4.69, 9.17) is 0 Å². The lowest BCUT2D eigenvalue weighted by Crippen LogP contribution is -2.15. The topological polar surface area (TPSA) is 23.5 Å². The van der Waals surface area contributed by atoms with Gasteiger partial charge < -0.3 is 10.0 Å². The third-order valence-electron chi connectivity index (χ3n) is 4.01. The largest absolute Gasteiger partial charge is 0.388 e. The zero-order chi connectivity index (χ0) is 14.8. The molecule has 1 atom stereocenters. The Kier molecular flexibility index (Phi) is 3.91. The second-order valence-electron chi connectivity index (χ2n) is 5.88. The van der Waals surface area contributed by atoms with Crippen LogP contribution in [0, 0.1) is 0 Å². The van der Waals surface area contributed by atoms with Crippen LogP contribution in [0.3, 0.4) is 0 Å². The third-order valence-corrected chi connectivity index (χ3v) is 4.01. The van der Waals surface area contributed by atoms with Gasteiger partial charge in [0.25, 0.3) is 0 Å². The van der Waals surface area contributed by atoms with Crippen LogP contribution < -0.4 is 0 Å². The first-order valence-corrected chi connectivity index (χ1v) is 7.39. The quantitative estimate of drug-likeness (QED) is 0.730. The van der Waals surface area contributed by atoms with Crippen molar-refractivity contribution >= 4 is 21.5 Å². The molecule has 0 aliphatic rings. The minimum Gasteiger partial charge on any atom is -0.388 e. The highest BCUT2D eigenvalue weighted by Gasteiger charge is 2.09. The molecule has 0 heterocycles. The molecule has 0 aromatic heterocycles. The molecule has 2 heteroatoms. The molecule has 2 nitrogen and oxygen atoms in total. The number of benzene rings is 3. The molecule has 0 saturated carbocycles. The lowest BCUT2D eigenvalue weighted by Gasteiger charge is -2.15. The summed E-state index contributed by atoms with van der Waals surface area (Å²) in [7, 11) is 4.06. The average Bonchev–Trinajstić information content (AvgIpc) is 2.52. The Labute approximate surface area is 125 Å². The summed E-state index contributed by atoms with van der Waals surface area (Å²) in [4.78, 5) is 2.10. The van der Waals surface area contributed by atoms with Gasteiger partial charge in [-0.2, -0.15) is 0 Å². The molecule has 0 saturated heterocycles. The number of aliphatic hydroxyl groups is 1. The lowest BCUT2D eigenvalue weighted by atomic mass is 9.97. The molecule has 0 radical (unpaired) electrons. The van der Waals surface area contributed by atoms with Crippen molar-refractivity contribution in [1.29, 1.82) is 0 Å². The molecule has 3 rings (SSSR count). The van der Waals surface area contributed by atoms with Crippen molar-refractivity contribution in [3.05, 3.63) is 60.2 Å². The van der Waals surface area contributed by atoms with E-state index in [1.165, 1.54) is 21.5 Å². The molecule has 0 bridgehead atoms. The Morgan fingerprint density at radius 1 is 0.905 bits per heavy atom. The van der Waals surface area contributed by atoms with Crippen LogP contribution >= 0.6 is 0 Å². The Morgan fingerprint density at radius 3 is 2.33 bits per heavy atom. The van der Waals surface area contributed by atoms with Crippen molar-refractivity contribution in [3.8, 4) is 0 Å². The lowest BCUT2D eigenvalue weighted by molar-refractivity contribution is 0.154. The number of nitrogens with zero attached hydrogens (tertiary/aromatic N) is 1. The average molecular weight is 279 g/mol. The predicted molar refractivity (Wildman–Crippen MR) is 89.6 cm³/mol. The van der Waals surface area contributed by atoms with E-state index < -0.39 is 6.10 Å². The fourth-order valence-electron chi connectivity index (χ4n) is 2.77. The van der Waals surface area contributed by atoms with Gasteiger partial charge in [-0.15, -0.1) is 0 Å². The third kappa shape index (κ3) is 2.92. The van der Waals surface area contributed by atoms with Crippen LogP contribution in [0.1, 0.15) is 18.1 Å². The summed E-state index contributed by atoms with van der Waals surface area (Å²) >= 11 is 0. The Hall–Kier alpha value is -1.90. The van der Waals surface area contributed by atoms with Crippen molar-refractivity contribution in [3.63, 3.8) is 0 Å². The molecule has 0 spiro atoms. The zero-order valence-corrected chi connectivity index (χ0v) is 12.6. The van der Waals surface area contributed by atoms with Crippen LogP contribution in [0.5, 0.6) is 0 Å². The minimum atomic E-state index is -0.407. The summed E-state index contributed by atoms with van der Waals surface area (Å²) in [5.41, 5.74) is 1.00. The van der Waals surface area contributed by atoms with E-state index in [0.717, 1.165) is 18.5 Å². The van der Waals surface area contributed by atoms with Crippen LogP contribution in [-0.2, 0) is 0 Å². The van der Waals surface area contributed by atoms with Crippen molar-refractivity contribution < 1.29 is 5.11 Å². The summed E-state index contributed by atoms with van der Waals surface area (Å²) in [6.07, 6.45) is 0.347. The monoisotopic (exact) mass is 279 g/mol. The van der Waals surface area contributed by atoms with Crippen molar-refractivity contribution in [2.75, 3.05) is 20.6 Å². The molecule has 3 aromatic carbocycles. The highest BCUT2D eigenvalue weighted by molar-refractivity contribution is 6.07. The number of hydrogen-bond acceptors (Lipinski definition) is 2. The van der Waals surface area contributed by atoms with Crippen molar-refractivity contribution in [2.24, 2.45) is 0 Å². The molecular formula is C19H21NO. The number of rotatable bonds is 4. The van der Waals surface area contributed by atoms with Crippen molar-refractivity contribution in [1.82, 2.24) is 4.90 Å². The van der Waals surface area contributed by atoms with Gasteiger partial charge in [-0.1, -0.05) is 48.5 Å². The SMILES string of the molecule is CN(C)CCC(O)c1ccc2ccc3ccccc3c2c1. The fraction of sp³-hybridized carbons (Fsp3) is 0.263.